The van der Waals surface area contributed by atoms with E-state index in [0.29, 0.717) is 0 Å². The first-order chi connectivity index (χ1) is 5.92. The molecule has 0 amide bonds. The lowest BCUT2D eigenvalue weighted by Gasteiger charge is -2.12. The normalized spacial score (nSPS) is 15.8. The lowest BCUT2D eigenvalue weighted by Crippen LogP contribution is -2.23. The number of aromatic nitrogens is 2. The number of hydrogen-bond acceptors (Lipinski definition) is 3. The monoisotopic (exact) mass is 166 g/mol. The summed E-state index contributed by atoms with van der Waals surface area (Å²) < 4.78 is 0. The minimum absolute atomic E-state index is 0.928. The van der Waals surface area contributed by atoms with Gasteiger partial charge in [0.25, 0.3) is 0 Å². The van der Waals surface area contributed by atoms with Crippen molar-refractivity contribution in [1.82, 2.24) is 15.5 Å². The van der Waals surface area contributed by atoms with Crippen LogP contribution in [0.25, 0.3) is 0 Å². The third-order valence-corrected chi connectivity index (χ3v) is 2.15. The van der Waals surface area contributed by atoms with Gasteiger partial charge in [-0.2, -0.15) is 5.10 Å². The SMILES string of the molecule is CCNc1n[nH]c2c1CNCC2. The maximum absolute atomic E-state index is 4.21. The van der Waals surface area contributed by atoms with Crippen molar-refractivity contribution in [3.63, 3.8) is 0 Å². The van der Waals surface area contributed by atoms with Crippen LogP contribution in [0, 0.1) is 0 Å². The Hall–Kier alpha value is -1.03. The van der Waals surface area contributed by atoms with Crippen LogP contribution >= 0.6 is 0 Å². The molecule has 4 nitrogen and oxygen atoms in total. The van der Waals surface area contributed by atoms with E-state index in [1.54, 1.807) is 0 Å². The summed E-state index contributed by atoms with van der Waals surface area (Å²) in [6.07, 6.45) is 1.06. The summed E-state index contributed by atoms with van der Waals surface area (Å²) in [5.74, 6) is 1.01. The molecule has 12 heavy (non-hydrogen) atoms. The number of H-pyrrole nitrogens is 1. The summed E-state index contributed by atoms with van der Waals surface area (Å²) >= 11 is 0. The van der Waals surface area contributed by atoms with Crippen LogP contribution in [0.2, 0.25) is 0 Å². The molecule has 0 spiro atoms. The third kappa shape index (κ3) is 1.18. The summed E-state index contributed by atoms with van der Waals surface area (Å²) in [4.78, 5) is 0. The quantitative estimate of drug-likeness (QED) is 0.599. The molecule has 0 saturated carbocycles. The minimum Gasteiger partial charge on any atom is -0.369 e. The van der Waals surface area contributed by atoms with Crippen LogP contribution in [0.5, 0.6) is 0 Å². The first kappa shape index (κ1) is 7.61. The zero-order valence-electron chi connectivity index (χ0n) is 7.28. The van der Waals surface area contributed by atoms with Gasteiger partial charge in [-0.1, -0.05) is 0 Å². The zero-order valence-corrected chi connectivity index (χ0v) is 7.28. The predicted molar refractivity (Wildman–Crippen MR) is 48.2 cm³/mol. The van der Waals surface area contributed by atoms with Crippen LogP contribution < -0.4 is 10.6 Å². The largest absolute Gasteiger partial charge is 0.369 e. The van der Waals surface area contributed by atoms with Gasteiger partial charge in [0.2, 0.25) is 0 Å². The Morgan fingerprint density at radius 1 is 1.58 bits per heavy atom. The molecule has 1 aromatic heterocycles. The molecular weight excluding hydrogens is 152 g/mol. The predicted octanol–water partition coefficient (Wildman–Crippen LogP) is 0.487. The number of nitrogens with zero attached hydrogens (tertiary/aromatic N) is 1. The highest BCUT2D eigenvalue weighted by Gasteiger charge is 2.15. The Kier molecular flexibility index (Phi) is 1.99. The molecule has 66 valence electrons. The van der Waals surface area contributed by atoms with Crippen molar-refractivity contribution in [2.45, 2.75) is 19.9 Å². The van der Waals surface area contributed by atoms with Gasteiger partial charge in [0.15, 0.2) is 5.82 Å². The number of hydrogen-bond donors (Lipinski definition) is 3. The van der Waals surface area contributed by atoms with E-state index in [0.717, 1.165) is 31.9 Å². The van der Waals surface area contributed by atoms with Crippen molar-refractivity contribution >= 4 is 5.82 Å². The van der Waals surface area contributed by atoms with E-state index >= 15 is 0 Å². The maximum atomic E-state index is 4.21. The van der Waals surface area contributed by atoms with E-state index in [4.69, 9.17) is 0 Å². The van der Waals surface area contributed by atoms with Crippen molar-refractivity contribution in [3.8, 4) is 0 Å². The van der Waals surface area contributed by atoms with Crippen molar-refractivity contribution in [1.29, 1.82) is 0 Å². The van der Waals surface area contributed by atoms with Crippen LogP contribution in [-0.2, 0) is 13.0 Å². The van der Waals surface area contributed by atoms with E-state index in [2.05, 4.69) is 27.8 Å². The van der Waals surface area contributed by atoms with Crippen molar-refractivity contribution in [2.24, 2.45) is 0 Å². The Morgan fingerprint density at radius 2 is 2.50 bits per heavy atom. The summed E-state index contributed by atoms with van der Waals surface area (Å²) in [6.45, 7) is 5.00. The first-order valence-electron chi connectivity index (χ1n) is 4.42. The van der Waals surface area contributed by atoms with E-state index in [1.807, 2.05) is 0 Å². The van der Waals surface area contributed by atoms with Crippen LogP contribution in [0.4, 0.5) is 5.82 Å². The molecule has 1 aliphatic rings. The average molecular weight is 166 g/mol. The van der Waals surface area contributed by atoms with Crippen LogP contribution in [0.15, 0.2) is 0 Å². The lowest BCUT2D eigenvalue weighted by atomic mass is 10.1. The fourth-order valence-corrected chi connectivity index (χ4v) is 1.54. The molecule has 0 fully saturated rings. The molecule has 4 heteroatoms. The van der Waals surface area contributed by atoms with Gasteiger partial charge in [-0.25, -0.2) is 0 Å². The van der Waals surface area contributed by atoms with Crippen LogP contribution in [-0.4, -0.2) is 23.3 Å². The van der Waals surface area contributed by atoms with Crippen LogP contribution in [0.3, 0.4) is 0 Å². The molecule has 1 aromatic rings. The van der Waals surface area contributed by atoms with Gasteiger partial charge in [0.1, 0.15) is 0 Å². The lowest BCUT2D eigenvalue weighted by molar-refractivity contribution is 0.637. The van der Waals surface area contributed by atoms with Gasteiger partial charge < -0.3 is 10.6 Å². The third-order valence-electron chi connectivity index (χ3n) is 2.15. The summed E-state index contributed by atoms with van der Waals surface area (Å²) in [5, 5.41) is 13.8. The summed E-state index contributed by atoms with van der Waals surface area (Å²) in [5.41, 5.74) is 2.59. The molecule has 0 radical (unpaired) electrons. The Morgan fingerprint density at radius 3 is 3.33 bits per heavy atom. The zero-order chi connectivity index (χ0) is 8.39. The molecule has 0 bridgehead atoms. The highest BCUT2D eigenvalue weighted by atomic mass is 15.2. The van der Waals surface area contributed by atoms with Gasteiger partial charge in [0, 0.05) is 37.3 Å². The highest BCUT2D eigenvalue weighted by Crippen LogP contribution is 2.18. The molecule has 1 aliphatic heterocycles. The summed E-state index contributed by atoms with van der Waals surface area (Å²) in [7, 11) is 0. The maximum Gasteiger partial charge on any atom is 0.152 e. The standard InChI is InChI=1S/C8H14N4/c1-2-10-8-6-5-9-4-3-7(6)11-12-8/h9H,2-5H2,1H3,(H2,10,11,12). The molecule has 0 saturated heterocycles. The second kappa shape index (κ2) is 3.15. The molecule has 2 heterocycles. The molecule has 0 atom stereocenters. The van der Waals surface area contributed by atoms with Crippen molar-refractivity contribution in [3.05, 3.63) is 11.3 Å². The first-order valence-corrected chi connectivity index (χ1v) is 4.42. The number of anilines is 1. The van der Waals surface area contributed by atoms with Gasteiger partial charge in [-0.05, 0) is 6.92 Å². The molecule has 0 aliphatic carbocycles. The highest BCUT2D eigenvalue weighted by molar-refractivity contribution is 5.47. The Labute approximate surface area is 71.7 Å². The fraction of sp³-hybridized carbons (Fsp3) is 0.625. The Balaban J connectivity index is 2.25. The van der Waals surface area contributed by atoms with Gasteiger partial charge in [-0.15, -0.1) is 0 Å². The number of rotatable bonds is 2. The average Bonchev–Trinajstić information content (AvgIpc) is 2.50. The smallest absolute Gasteiger partial charge is 0.152 e. The second-order valence-electron chi connectivity index (χ2n) is 2.99. The molecule has 0 aromatic carbocycles. The van der Waals surface area contributed by atoms with E-state index in [1.165, 1.54) is 11.3 Å². The van der Waals surface area contributed by atoms with Gasteiger partial charge in [0.05, 0.1) is 0 Å². The molecule has 3 N–H and O–H groups in total. The number of fused-ring (bicyclic) bond motifs is 1. The van der Waals surface area contributed by atoms with Crippen LogP contribution in [0.1, 0.15) is 18.2 Å². The summed E-state index contributed by atoms with van der Waals surface area (Å²) in [6, 6.07) is 0. The topological polar surface area (TPSA) is 52.7 Å². The van der Waals surface area contributed by atoms with Gasteiger partial charge >= 0.3 is 0 Å². The molecular formula is C8H14N4. The fourth-order valence-electron chi connectivity index (χ4n) is 1.54. The Bertz CT molecular complexity index is 266. The minimum atomic E-state index is 0.928. The van der Waals surface area contributed by atoms with E-state index in [9.17, 15) is 0 Å². The van der Waals surface area contributed by atoms with Crippen molar-refractivity contribution in [2.75, 3.05) is 18.4 Å². The second-order valence-corrected chi connectivity index (χ2v) is 2.99. The van der Waals surface area contributed by atoms with Crippen molar-refractivity contribution < 1.29 is 0 Å². The molecule has 2 rings (SSSR count). The van der Waals surface area contributed by atoms with E-state index in [-0.39, 0.29) is 0 Å². The number of nitrogens with one attached hydrogen (secondary N) is 3. The van der Waals surface area contributed by atoms with Gasteiger partial charge in [-0.3, -0.25) is 5.10 Å². The van der Waals surface area contributed by atoms with E-state index < -0.39 is 0 Å². The molecule has 0 unspecified atom stereocenters. The number of aromatic amines is 1.